The standard InChI is InChI=1S/C18H28O2/c1-13-7-15-8-16(9-15)12-18(2,11-13)17(19)10-14-3-5-20-6-4-14/h10,13,15-16H,3-9,11-12H2,1-2H3. The second kappa shape index (κ2) is 5.63. The summed E-state index contributed by atoms with van der Waals surface area (Å²) in [4.78, 5) is 12.8. The monoisotopic (exact) mass is 276 g/mol. The van der Waals surface area contributed by atoms with E-state index in [2.05, 4.69) is 13.8 Å². The molecule has 1 aliphatic heterocycles. The van der Waals surface area contributed by atoms with Crippen molar-refractivity contribution in [3.8, 4) is 0 Å². The SMILES string of the molecule is CC1CC2CC(C2)CC(C)(C(=O)C=C2CCOCC2)C1. The van der Waals surface area contributed by atoms with Gasteiger partial charge in [-0.3, -0.25) is 4.79 Å². The van der Waals surface area contributed by atoms with E-state index in [0.29, 0.717) is 11.7 Å². The van der Waals surface area contributed by atoms with Gasteiger partial charge in [0.1, 0.15) is 0 Å². The molecule has 4 aliphatic rings. The minimum atomic E-state index is -0.110. The van der Waals surface area contributed by atoms with Crippen LogP contribution in [0.3, 0.4) is 0 Å². The molecule has 2 heteroatoms. The highest BCUT2D eigenvalue weighted by molar-refractivity contribution is 5.95. The molecule has 1 saturated heterocycles. The molecule has 2 bridgehead atoms. The highest BCUT2D eigenvalue weighted by Crippen LogP contribution is 2.50. The first-order valence-corrected chi connectivity index (χ1v) is 8.37. The number of ether oxygens (including phenoxy) is 1. The molecule has 2 atom stereocenters. The molecule has 3 saturated carbocycles. The van der Waals surface area contributed by atoms with Crippen molar-refractivity contribution in [2.75, 3.05) is 13.2 Å². The van der Waals surface area contributed by atoms with E-state index in [9.17, 15) is 4.79 Å². The van der Waals surface area contributed by atoms with Gasteiger partial charge < -0.3 is 4.74 Å². The van der Waals surface area contributed by atoms with Gasteiger partial charge >= 0.3 is 0 Å². The third kappa shape index (κ3) is 3.00. The number of allylic oxidation sites excluding steroid dienone is 1. The maximum absolute atomic E-state index is 12.8. The zero-order valence-corrected chi connectivity index (χ0v) is 13.0. The van der Waals surface area contributed by atoms with Crippen LogP contribution in [0.2, 0.25) is 0 Å². The van der Waals surface area contributed by atoms with E-state index in [1.165, 1.54) is 24.8 Å². The molecule has 1 heterocycles. The molecule has 4 rings (SSSR count). The fourth-order valence-electron chi connectivity index (χ4n) is 4.71. The Morgan fingerprint density at radius 3 is 2.55 bits per heavy atom. The Kier molecular flexibility index (Phi) is 4.03. The van der Waals surface area contributed by atoms with Crippen molar-refractivity contribution in [2.45, 2.75) is 58.8 Å². The van der Waals surface area contributed by atoms with Gasteiger partial charge in [0, 0.05) is 5.41 Å². The van der Waals surface area contributed by atoms with Crippen molar-refractivity contribution < 1.29 is 9.53 Å². The van der Waals surface area contributed by atoms with E-state index in [-0.39, 0.29) is 5.41 Å². The topological polar surface area (TPSA) is 26.3 Å². The van der Waals surface area contributed by atoms with Crippen molar-refractivity contribution in [1.29, 1.82) is 0 Å². The van der Waals surface area contributed by atoms with Crippen molar-refractivity contribution in [3.05, 3.63) is 11.6 Å². The number of carbonyl (C=O) groups is 1. The Hall–Kier alpha value is -0.630. The van der Waals surface area contributed by atoms with Gasteiger partial charge in [-0.1, -0.05) is 19.4 Å². The minimum Gasteiger partial charge on any atom is -0.381 e. The summed E-state index contributed by atoms with van der Waals surface area (Å²) < 4.78 is 5.38. The van der Waals surface area contributed by atoms with Gasteiger partial charge in [-0.2, -0.15) is 0 Å². The van der Waals surface area contributed by atoms with Gasteiger partial charge in [0.15, 0.2) is 5.78 Å². The highest BCUT2D eigenvalue weighted by Gasteiger charge is 2.43. The second-order valence-corrected chi connectivity index (χ2v) is 7.79. The molecule has 3 aliphatic carbocycles. The van der Waals surface area contributed by atoms with Crippen molar-refractivity contribution in [1.82, 2.24) is 0 Å². The fraction of sp³-hybridized carbons (Fsp3) is 0.833. The lowest BCUT2D eigenvalue weighted by atomic mass is 9.58. The highest BCUT2D eigenvalue weighted by atomic mass is 16.5. The molecule has 2 nitrogen and oxygen atoms in total. The second-order valence-electron chi connectivity index (χ2n) is 7.79. The van der Waals surface area contributed by atoms with Crippen molar-refractivity contribution in [3.63, 3.8) is 0 Å². The first kappa shape index (κ1) is 14.3. The number of hydrogen-bond donors (Lipinski definition) is 0. The molecule has 112 valence electrons. The van der Waals surface area contributed by atoms with Crippen LogP contribution < -0.4 is 0 Å². The normalized spacial score (nSPS) is 41.3. The van der Waals surface area contributed by atoms with Crippen LogP contribution in [0, 0.1) is 23.2 Å². The van der Waals surface area contributed by atoms with E-state index in [0.717, 1.165) is 50.7 Å². The summed E-state index contributed by atoms with van der Waals surface area (Å²) in [7, 11) is 0. The summed E-state index contributed by atoms with van der Waals surface area (Å²) in [5.41, 5.74) is 1.20. The molecule has 0 radical (unpaired) electrons. The predicted molar refractivity (Wildman–Crippen MR) is 80.5 cm³/mol. The predicted octanol–water partition coefficient (Wildman–Crippen LogP) is 4.14. The molecule has 0 spiro atoms. The summed E-state index contributed by atoms with van der Waals surface area (Å²) in [5.74, 6) is 2.87. The molecule has 0 aromatic heterocycles. The van der Waals surface area contributed by atoms with Crippen LogP contribution in [-0.2, 0) is 9.53 Å². The zero-order valence-electron chi connectivity index (χ0n) is 13.0. The van der Waals surface area contributed by atoms with Gasteiger partial charge in [-0.15, -0.1) is 0 Å². The van der Waals surface area contributed by atoms with Crippen LogP contribution in [0.25, 0.3) is 0 Å². The first-order valence-electron chi connectivity index (χ1n) is 8.37. The zero-order chi connectivity index (χ0) is 14.2. The Balaban J connectivity index is 1.72. The van der Waals surface area contributed by atoms with Crippen LogP contribution in [-0.4, -0.2) is 19.0 Å². The van der Waals surface area contributed by atoms with E-state index < -0.39 is 0 Å². The van der Waals surface area contributed by atoms with Crippen LogP contribution in [0.15, 0.2) is 11.6 Å². The molecule has 0 aromatic rings. The van der Waals surface area contributed by atoms with Gasteiger partial charge in [0.05, 0.1) is 13.2 Å². The van der Waals surface area contributed by atoms with Crippen LogP contribution in [0.4, 0.5) is 0 Å². The van der Waals surface area contributed by atoms with Crippen molar-refractivity contribution in [2.24, 2.45) is 23.2 Å². The molecule has 0 amide bonds. The average molecular weight is 276 g/mol. The summed E-state index contributed by atoms with van der Waals surface area (Å²) >= 11 is 0. The number of fused-ring (bicyclic) bond motifs is 4. The molecule has 4 fully saturated rings. The smallest absolute Gasteiger partial charge is 0.161 e. The third-order valence-corrected chi connectivity index (χ3v) is 5.67. The summed E-state index contributed by atoms with van der Waals surface area (Å²) in [5, 5.41) is 0. The van der Waals surface area contributed by atoms with Gasteiger partial charge in [0.2, 0.25) is 0 Å². The van der Waals surface area contributed by atoms with E-state index in [1.807, 2.05) is 6.08 Å². The van der Waals surface area contributed by atoms with Gasteiger partial charge in [-0.05, 0) is 68.8 Å². The van der Waals surface area contributed by atoms with E-state index >= 15 is 0 Å². The van der Waals surface area contributed by atoms with Gasteiger partial charge in [0.25, 0.3) is 0 Å². The molecular weight excluding hydrogens is 248 g/mol. The maximum Gasteiger partial charge on any atom is 0.161 e. The Morgan fingerprint density at radius 2 is 1.85 bits per heavy atom. The molecule has 0 N–H and O–H groups in total. The molecule has 20 heavy (non-hydrogen) atoms. The third-order valence-electron chi connectivity index (χ3n) is 5.67. The Morgan fingerprint density at radius 1 is 1.15 bits per heavy atom. The lowest BCUT2D eigenvalue weighted by molar-refractivity contribution is -0.127. The summed E-state index contributed by atoms with van der Waals surface area (Å²) in [6, 6.07) is 0. The number of hydrogen-bond acceptors (Lipinski definition) is 2. The molecule has 0 aromatic carbocycles. The fourth-order valence-corrected chi connectivity index (χ4v) is 4.71. The van der Waals surface area contributed by atoms with Crippen molar-refractivity contribution >= 4 is 5.78 Å². The van der Waals surface area contributed by atoms with E-state index in [1.54, 1.807) is 0 Å². The summed E-state index contributed by atoms with van der Waals surface area (Å²) in [6.07, 6.45) is 10.2. The van der Waals surface area contributed by atoms with Crippen LogP contribution in [0.5, 0.6) is 0 Å². The lowest BCUT2D eigenvalue weighted by Crippen LogP contribution is -2.39. The lowest BCUT2D eigenvalue weighted by Gasteiger charge is -2.46. The number of carbonyl (C=O) groups excluding carboxylic acids is 1. The number of rotatable bonds is 2. The minimum absolute atomic E-state index is 0.110. The maximum atomic E-state index is 12.8. The summed E-state index contributed by atoms with van der Waals surface area (Å²) in [6.45, 7) is 6.14. The van der Waals surface area contributed by atoms with E-state index in [4.69, 9.17) is 4.74 Å². The Labute approximate surface area is 123 Å². The Bertz CT molecular complexity index is 394. The van der Waals surface area contributed by atoms with Crippen LogP contribution >= 0.6 is 0 Å². The molecule has 2 unspecified atom stereocenters. The quantitative estimate of drug-likeness (QED) is 0.708. The molecular formula is C18H28O2. The largest absolute Gasteiger partial charge is 0.381 e. The number of ketones is 1. The average Bonchev–Trinajstić information content (AvgIpc) is 2.35. The van der Waals surface area contributed by atoms with Crippen LogP contribution in [0.1, 0.15) is 58.8 Å². The first-order chi connectivity index (χ1) is 9.55. The van der Waals surface area contributed by atoms with Gasteiger partial charge in [-0.25, -0.2) is 0 Å².